The molecule has 0 aromatic rings. The van der Waals surface area contributed by atoms with E-state index in [1.54, 1.807) is 6.92 Å². The second kappa shape index (κ2) is 2.83. The number of ether oxygens (including phenoxy) is 1. The second-order valence-electron chi connectivity index (χ2n) is 4.85. The van der Waals surface area contributed by atoms with E-state index in [0.29, 0.717) is 19.4 Å². The number of fused-ring (bicyclic) bond motifs is 3. The predicted octanol–water partition coefficient (Wildman–Crippen LogP) is 1.55. The number of carbonyl (C=O) groups excluding carboxylic acids is 2. The lowest BCUT2D eigenvalue weighted by Crippen LogP contribution is -2.27. The van der Waals surface area contributed by atoms with Crippen LogP contribution in [0.3, 0.4) is 0 Å². The van der Waals surface area contributed by atoms with Crippen LogP contribution in [0.2, 0.25) is 0 Å². The molecule has 0 heterocycles. The van der Waals surface area contributed by atoms with Crippen molar-refractivity contribution in [2.24, 2.45) is 23.1 Å². The van der Waals surface area contributed by atoms with Gasteiger partial charge < -0.3 is 4.74 Å². The summed E-state index contributed by atoms with van der Waals surface area (Å²) in [5.41, 5.74) is -0.592. The first-order valence-electron chi connectivity index (χ1n) is 6.29. The van der Waals surface area contributed by atoms with Crippen molar-refractivity contribution in [3.8, 4) is 0 Å². The first-order chi connectivity index (χ1) is 7.57. The fraction of sp³-hybridized carbons (Fsp3) is 0.833. The molecule has 3 heteroatoms. The van der Waals surface area contributed by atoms with Crippen molar-refractivity contribution in [1.82, 2.24) is 0 Å². The Hall–Kier alpha value is -0.860. The molecule has 3 fully saturated rings. The van der Waals surface area contributed by atoms with Gasteiger partial charge in [0.25, 0.3) is 0 Å². The van der Waals surface area contributed by atoms with Crippen LogP contribution in [0.25, 0.3) is 0 Å². The van der Waals surface area contributed by atoms with Crippen LogP contribution in [-0.2, 0) is 14.3 Å². The molecule has 0 spiro atoms. The average molecular weight is 209 g/mol. The average Bonchev–Trinajstić information content (AvgIpc) is 2.82. The quantitative estimate of drug-likeness (QED) is 0.648. The van der Waals surface area contributed by atoms with Crippen LogP contribution in [-0.4, -0.2) is 18.4 Å². The Morgan fingerprint density at radius 3 is 3.20 bits per heavy atom. The van der Waals surface area contributed by atoms with Gasteiger partial charge in [0.15, 0.2) is 0 Å². The van der Waals surface area contributed by atoms with Crippen LogP contribution in [0.5, 0.6) is 0 Å². The monoisotopic (exact) mass is 209 g/mol. The third-order valence-electron chi connectivity index (χ3n) is 4.27. The molecule has 3 rings (SSSR count). The fourth-order valence-electron chi connectivity index (χ4n) is 3.56. The summed E-state index contributed by atoms with van der Waals surface area (Å²) in [6.45, 7) is 2.14. The van der Waals surface area contributed by atoms with Gasteiger partial charge in [-0.15, -0.1) is 0 Å². The molecular weight excluding hydrogens is 192 g/mol. The van der Waals surface area contributed by atoms with Gasteiger partial charge in [-0.05, 0) is 32.1 Å². The summed E-state index contributed by atoms with van der Waals surface area (Å²) in [6, 6.07) is 0. The molecule has 82 valence electrons. The Kier molecular flexibility index (Phi) is 1.57. The van der Waals surface area contributed by atoms with E-state index in [2.05, 4.69) is 0 Å². The Morgan fingerprint density at radius 2 is 2.47 bits per heavy atom. The zero-order chi connectivity index (χ0) is 11.6. The normalized spacial score (nSPS) is 52.1. The summed E-state index contributed by atoms with van der Waals surface area (Å²) in [6.07, 6.45) is 3.00. The second-order valence-corrected chi connectivity index (χ2v) is 4.85. The van der Waals surface area contributed by atoms with Gasteiger partial charge in [-0.3, -0.25) is 9.59 Å². The van der Waals surface area contributed by atoms with Crippen molar-refractivity contribution in [3.05, 3.63) is 0 Å². The third kappa shape index (κ3) is 0.963. The molecule has 4 atom stereocenters. The van der Waals surface area contributed by atoms with Crippen molar-refractivity contribution in [3.63, 3.8) is 0 Å². The van der Waals surface area contributed by atoms with Crippen molar-refractivity contribution in [1.29, 1.82) is 0 Å². The molecule has 0 amide bonds. The van der Waals surface area contributed by atoms with Crippen LogP contribution >= 0.6 is 0 Å². The molecule has 0 aliphatic heterocycles. The van der Waals surface area contributed by atoms with Gasteiger partial charge in [0.05, 0.1) is 12.0 Å². The van der Waals surface area contributed by atoms with Crippen molar-refractivity contribution < 1.29 is 15.7 Å². The van der Waals surface area contributed by atoms with Crippen LogP contribution < -0.4 is 0 Å². The summed E-state index contributed by atoms with van der Waals surface area (Å²) in [7, 11) is 0. The molecule has 0 aromatic heterocycles. The molecule has 0 bridgehead atoms. The number of esters is 1. The van der Waals surface area contributed by atoms with Gasteiger partial charge in [-0.2, -0.15) is 0 Å². The van der Waals surface area contributed by atoms with E-state index in [1.807, 2.05) is 0 Å². The lowest BCUT2D eigenvalue weighted by molar-refractivity contribution is -0.152. The van der Waals surface area contributed by atoms with Gasteiger partial charge in [-0.25, -0.2) is 0 Å². The molecule has 3 saturated carbocycles. The SMILES string of the molecule is [2H][C@]12CCC[C@H]1[C@@]1(C(=O)OCC)C[C@H]1C2=O. The van der Waals surface area contributed by atoms with Crippen LogP contribution in [0.15, 0.2) is 0 Å². The van der Waals surface area contributed by atoms with Crippen molar-refractivity contribution >= 4 is 11.8 Å². The minimum Gasteiger partial charge on any atom is -0.466 e. The van der Waals surface area contributed by atoms with Gasteiger partial charge >= 0.3 is 5.97 Å². The third-order valence-corrected chi connectivity index (χ3v) is 4.27. The Labute approximate surface area is 90.6 Å². The lowest BCUT2D eigenvalue weighted by Gasteiger charge is -2.20. The topological polar surface area (TPSA) is 43.4 Å². The lowest BCUT2D eigenvalue weighted by atomic mass is 9.85. The highest BCUT2D eigenvalue weighted by Crippen LogP contribution is 2.70. The highest BCUT2D eigenvalue weighted by atomic mass is 16.5. The molecular formula is C12H16O3. The van der Waals surface area contributed by atoms with E-state index in [-0.39, 0.29) is 23.6 Å². The number of Topliss-reactive ketones (excluding diaryl/α,β-unsaturated/α-hetero) is 1. The highest BCUT2D eigenvalue weighted by Gasteiger charge is 2.76. The van der Waals surface area contributed by atoms with Gasteiger partial charge in [0.1, 0.15) is 5.78 Å². The summed E-state index contributed by atoms with van der Waals surface area (Å²) in [5.74, 6) is -1.46. The van der Waals surface area contributed by atoms with E-state index < -0.39 is 11.3 Å². The number of hydrogen-bond donors (Lipinski definition) is 0. The Morgan fingerprint density at radius 1 is 1.67 bits per heavy atom. The Balaban J connectivity index is 1.95. The molecule has 0 unspecified atom stereocenters. The minimum atomic E-state index is -0.963. The van der Waals surface area contributed by atoms with E-state index in [4.69, 9.17) is 6.11 Å². The van der Waals surface area contributed by atoms with Gasteiger partial charge in [0, 0.05) is 13.2 Å². The summed E-state index contributed by atoms with van der Waals surface area (Å²) in [4.78, 5) is 24.1. The van der Waals surface area contributed by atoms with E-state index >= 15 is 0 Å². The van der Waals surface area contributed by atoms with E-state index in [9.17, 15) is 9.59 Å². The summed E-state index contributed by atoms with van der Waals surface area (Å²) < 4.78 is 13.4. The zero-order valence-electron chi connectivity index (χ0n) is 9.91. The molecule has 0 radical (unpaired) electrons. The maximum absolute atomic E-state index is 12.1. The molecule has 3 nitrogen and oxygen atoms in total. The smallest absolute Gasteiger partial charge is 0.313 e. The molecule has 0 aromatic carbocycles. The minimum absolute atomic E-state index is 0.00283. The standard InChI is InChI=1S/C12H16O3/c1-2-15-11(14)12-6-9(12)10(13)7-4-3-5-8(7)12/h7-9H,2-6H2,1H3/t7-,8+,9-,12-/m0/s1/i7D. The Bertz CT molecular complexity index is 380. The highest BCUT2D eigenvalue weighted by molar-refractivity contribution is 6.00. The molecule has 0 N–H and O–H groups in total. The molecule has 3 aliphatic carbocycles. The van der Waals surface area contributed by atoms with E-state index in [1.165, 1.54) is 0 Å². The van der Waals surface area contributed by atoms with Gasteiger partial charge in [-0.1, -0.05) is 6.42 Å². The van der Waals surface area contributed by atoms with Crippen molar-refractivity contribution in [2.75, 3.05) is 6.61 Å². The number of rotatable bonds is 2. The first kappa shape index (κ1) is 8.31. The fourth-order valence-corrected chi connectivity index (χ4v) is 3.56. The molecule has 15 heavy (non-hydrogen) atoms. The van der Waals surface area contributed by atoms with E-state index in [0.717, 1.165) is 12.8 Å². The van der Waals surface area contributed by atoms with Crippen LogP contribution in [0, 0.1) is 23.1 Å². The predicted molar refractivity (Wildman–Crippen MR) is 53.0 cm³/mol. The molecule has 0 saturated heterocycles. The van der Waals surface area contributed by atoms with Crippen LogP contribution in [0.4, 0.5) is 0 Å². The maximum Gasteiger partial charge on any atom is 0.313 e. The number of carbonyl (C=O) groups is 2. The maximum atomic E-state index is 12.1. The van der Waals surface area contributed by atoms with Crippen molar-refractivity contribution in [2.45, 2.75) is 32.6 Å². The number of ketones is 1. The molecule has 3 aliphatic rings. The summed E-state index contributed by atoms with van der Waals surface area (Å²) >= 11 is 0. The van der Waals surface area contributed by atoms with Gasteiger partial charge in [0.2, 0.25) is 0 Å². The number of hydrogen-bond acceptors (Lipinski definition) is 3. The summed E-state index contributed by atoms with van der Waals surface area (Å²) in [5, 5.41) is 0. The first-order valence-corrected chi connectivity index (χ1v) is 5.79. The zero-order valence-corrected chi connectivity index (χ0v) is 8.91. The largest absolute Gasteiger partial charge is 0.466 e. The van der Waals surface area contributed by atoms with Crippen LogP contribution in [0.1, 0.15) is 34.0 Å².